The summed E-state index contributed by atoms with van der Waals surface area (Å²) in [5.41, 5.74) is 6.81. The third-order valence-electron chi connectivity index (χ3n) is 7.77. The molecule has 1 spiro atoms. The number of rotatable bonds is 6. The van der Waals surface area contributed by atoms with Crippen molar-refractivity contribution in [1.82, 2.24) is 9.55 Å². The number of hydrogen-bond donors (Lipinski definition) is 0. The second-order valence-corrected chi connectivity index (χ2v) is 11.4. The molecule has 0 bridgehead atoms. The van der Waals surface area contributed by atoms with Crippen molar-refractivity contribution in [3.05, 3.63) is 116 Å². The molecule has 1 saturated carbocycles. The number of aryl methyl sites for hydroxylation is 1. The Hall–Kier alpha value is -2.82. The van der Waals surface area contributed by atoms with Crippen LogP contribution >= 0.6 is 23.4 Å². The first kappa shape index (κ1) is 23.6. The number of aromatic nitrogens is 2. The van der Waals surface area contributed by atoms with Crippen LogP contribution in [0.15, 0.2) is 88.8 Å². The monoisotopic (exact) mass is 512 g/mol. The lowest BCUT2D eigenvalue weighted by Crippen LogP contribution is -2.40. The number of thioether (sulfide) groups is 1. The third kappa shape index (κ3) is 4.42. The minimum absolute atomic E-state index is 0.0817. The van der Waals surface area contributed by atoms with Crippen molar-refractivity contribution >= 4 is 23.4 Å². The minimum Gasteiger partial charge on any atom is -0.287 e. The van der Waals surface area contributed by atoms with E-state index in [1.807, 2.05) is 34.9 Å². The standard InChI is InChI=1S/C31H29ClN2OS/c32-25-14-12-23(13-15-25)21-36-30-33-28-26-11-5-4-10-24(26)20-31(17-6-7-18-31)27(28)29(35)34(30)19-16-22-8-2-1-3-9-22/h1-5,8-15H,6-7,16-21H2. The molecule has 3 aromatic carbocycles. The van der Waals surface area contributed by atoms with E-state index in [2.05, 4.69) is 48.5 Å². The van der Waals surface area contributed by atoms with Gasteiger partial charge in [0, 0.05) is 28.3 Å². The minimum atomic E-state index is -0.0817. The molecule has 1 heterocycles. The molecule has 6 rings (SSSR count). The molecule has 0 saturated heterocycles. The maximum absolute atomic E-state index is 14.4. The summed E-state index contributed by atoms with van der Waals surface area (Å²) < 4.78 is 1.96. The summed E-state index contributed by atoms with van der Waals surface area (Å²) >= 11 is 7.74. The first-order valence-corrected chi connectivity index (χ1v) is 14.1. The molecule has 182 valence electrons. The van der Waals surface area contributed by atoms with E-state index >= 15 is 0 Å². The van der Waals surface area contributed by atoms with Crippen LogP contribution in [-0.2, 0) is 30.6 Å². The first-order valence-electron chi connectivity index (χ1n) is 12.8. The van der Waals surface area contributed by atoms with Gasteiger partial charge in [-0.3, -0.25) is 9.36 Å². The normalized spacial score (nSPS) is 15.6. The Balaban J connectivity index is 1.46. The van der Waals surface area contributed by atoms with Gasteiger partial charge in [-0.05, 0) is 54.5 Å². The topological polar surface area (TPSA) is 34.9 Å². The van der Waals surface area contributed by atoms with Crippen molar-refractivity contribution in [2.75, 3.05) is 0 Å². The largest absolute Gasteiger partial charge is 0.287 e. The number of benzene rings is 3. The maximum Gasteiger partial charge on any atom is 0.258 e. The van der Waals surface area contributed by atoms with Crippen LogP contribution in [0.5, 0.6) is 0 Å². The highest BCUT2D eigenvalue weighted by atomic mass is 35.5. The van der Waals surface area contributed by atoms with Gasteiger partial charge in [-0.1, -0.05) is 103 Å². The molecule has 0 aliphatic heterocycles. The Bertz CT molecular complexity index is 1440. The van der Waals surface area contributed by atoms with Crippen LogP contribution in [0.1, 0.15) is 47.9 Å². The SMILES string of the molecule is O=c1c2c(nc(SCc3ccc(Cl)cc3)n1CCc1ccccc1)-c1ccccc1CC21CCCC1. The van der Waals surface area contributed by atoms with Gasteiger partial charge in [-0.15, -0.1) is 0 Å². The number of hydrogen-bond acceptors (Lipinski definition) is 3. The number of halogens is 1. The highest BCUT2D eigenvalue weighted by Crippen LogP contribution is 2.50. The first-order chi connectivity index (χ1) is 17.6. The highest BCUT2D eigenvalue weighted by molar-refractivity contribution is 7.98. The van der Waals surface area contributed by atoms with Crippen molar-refractivity contribution in [2.24, 2.45) is 0 Å². The van der Waals surface area contributed by atoms with Crippen molar-refractivity contribution in [1.29, 1.82) is 0 Å². The summed E-state index contributed by atoms with van der Waals surface area (Å²) in [6.07, 6.45) is 6.25. The van der Waals surface area contributed by atoms with E-state index in [0.29, 0.717) is 6.54 Å². The Morgan fingerprint density at radius 2 is 1.61 bits per heavy atom. The van der Waals surface area contributed by atoms with Gasteiger partial charge in [0.05, 0.1) is 11.3 Å². The second kappa shape index (κ2) is 9.91. The molecule has 3 nitrogen and oxygen atoms in total. The summed E-state index contributed by atoms with van der Waals surface area (Å²) in [5.74, 6) is 0.737. The molecule has 4 aromatic rings. The lowest BCUT2D eigenvalue weighted by atomic mass is 9.68. The van der Waals surface area contributed by atoms with Crippen LogP contribution in [0.25, 0.3) is 11.3 Å². The fourth-order valence-electron chi connectivity index (χ4n) is 5.97. The van der Waals surface area contributed by atoms with E-state index in [-0.39, 0.29) is 11.0 Å². The summed E-state index contributed by atoms with van der Waals surface area (Å²) in [7, 11) is 0. The van der Waals surface area contributed by atoms with Crippen LogP contribution in [0.4, 0.5) is 0 Å². The van der Waals surface area contributed by atoms with E-state index in [1.54, 1.807) is 11.8 Å². The second-order valence-electron chi connectivity index (χ2n) is 10.0. The van der Waals surface area contributed by atoms with E-state index < -0.39 is 0 Å². The molecular formula is C31H29ClN2OS. The van der Waals surface area contributed by atoms with Gasteiger partial charge in [0.15, 0.2) is 5.16 Å². The fraction of sp³-hybridized carbons (Fsp3) is 0.290. The van der Waals surface area contributed by atoms with Crippen molar-refractivity contribution < 1.29 is 0 Å². The van der Waals surface area contributed by atoms with E-state index in [0.717, 1.165) is 58.4 Å². The van der Waals surface area contributed by atoms with Crippen LogP contribution in [0.3, 0.4) is 0 Å². The predicted octanol–water partition coefficient (Wildman–Crippen LogP) is 7.47. The van der Waals surface area contributed by atoms with E-state index in [1.165, 1.54) is 29.5 Å². The lowest BCUT2D eigenvalue weighted by molar-refractivity contribution is 0.415. The predicted molar refractivity (Wildman–Crippen MR) is 149 cm³/mol. The quantitative estimate of drug-likeness (QED) is 0.198. The maximum atomic E-state index is 14.4. The van der Waals surface area contributed by atoms with Crippen LogP contribution < -0.4 is 5.56 Å². The number of nitrogens with zero attached hydrogens (tertiary/aromatic N) is 2. The van der Waals surface area contributed by atoms with Crippen molar-refractivity contribution in [3.8, 4) is 11.3 Å². The van der Waals surface area contributed by atoms with Crippen LogP contribution in [0.2, 0.25) is 5.02 Å². The molecule has 1 fully saturated rings. The van der Waals surface area contributed by atoms with E-state index in [9.17, 15) is 4.79 Å². The third-order valence-corrected chi connectivity index (χ3v) is 9.07. The van der Waals surface area contributed by atoms with Crippen LogP contribution in [0, 0.1) is 0 Å². The van der Waals surface area contributed by atoms with Gasteiger partial charge in [-0.2, -0.15) is 0 Å². The molecule has 0 N–H and O–H groups in total. The Morgan fingerprint density at radius 1 is 0.889 bits per heavy atom. The fourth-order valence-corrected chi connectivity index (χ4v) is 7.07. The average Bonchev–Trinajstić information content (AvgIpc) is 3.36. The van der Waals surface area contributed by atoms with Crippen molar-refractivity contribution in [3.63, 3.8) is 0 Å². The van der Waals surface area contributed by atoms with Gasteiger partial charge in [0.2, 0.25) is 0 Å². The van der Waals surface area contributed by atoms with Gasteiger partial charge < -0.3 is 0 Å². The molecule has 0 amide bonds. The summed E-state index contributed by atoms with van der Waals surface area (Å²) in [6, 6.07) is 26.9. The molecule has 0 radical (unpaired) electrons. The Kier molecular flexibility index (Phi) is 6.49. The Labute approximate surface area is 221 Å². The summed E-state index contributed by atoms with van der Waals surface area (Å²) in [4.78, 5) is 19.7. The smallest absolute Gasteiger partial charge is 0.258 e. The zero-order valence-corrected chi connectivity index (χ0v) is 21.8. The van der Waals surface area contributed by atoms with Crippen LogP contribution in [-0.4, -0.2) is 9.55 Å². The van der Waals surface area contributed by atoms with Gasteiger partial charge in [-0.25, -0.2) is 4.98 Å². The Morgan fingerprint density at radius 3 is 2.39 bits per heavy atom. The average molecular weight is 513 g/mol. The molecule has 2 aliphatic carbocycles. The van der Waals surface area contributed by atoms with Crippen molar-refractivity contribution in [2.45, 2.75) is 61.4 Å². The summed E-state index contributed by atoms with van der Waals surface area (Å²) in [5, 5.41) is 1.53. The molecular weight excluding hydrogens is 484 g/mol. The summed E-state index contributed by atoms with van der Waals surface area (Å²) in [6.45, 7) is 0.629. The van der Waals surface area contributed by atoms with Gasteiger partial charge >= 0.3 is 0 Å². The zero-order valence-electron chi connectivity index (χ0n) is 20.3. The molecule has 2 aliphatic rings. The number of fused-ring (bicyclic) bond motifs is 4. The lowest BCUT2D eigenvalue weighted by Gasteiger charge is -2.36. The van der Waals surface area contributed by atoms with E-state index in [4.69, 9.17) is 16.6 Å². The molecule has 0 unspecified atom stereocenters. The molecule has 1 aromatic heterocycles. The molecule has 36 heavy (non-hydrogen) atoms. The molecule has 0 atom stereocenters. The zero-order chi connectivity index (χ0) is 24.5. The molecule has 5 heteroatoms. The van der Waals surface area contributed by atoms with Gasteiger partial charge in [0.25, 0.3) is 5.56 Å². The highest BCUT2D eigenvalue weighted by Gasteiger charge is 2.44. The van der Waals surface area contributed by atoms with Gasteiger partial charge in [0.1, 0.15) is 0 Å².